The molecule has 4 unspecified atom stereocenters. The second-order valence-corrected chi connectivity index (χ2v) is 25.7. The van der Waals surface area contributed by atoms with Gasteiger partial charge in [0.05, 0.1) is 12.2 Å². The summed E-state index contributed by atoms with van der Waals surface area (Å²) in [6.07, 6.45) is -5.52. The van der Waals surface area contributed by atoms with E-state index in [1.54, 1.807) is 36.4 Å². The number of piperidine rings is 2. The Balaban J connectivity index is 0.000000226. The number of carboxylic acids is 2. The van der Waals surface area contributed by atoms with Crippen molar-refractivity contribution < 1.29 is 102 Å². The number of nitrogens with zero attached hydrogens (tertiary/aromatic N) is 2. The van der Waals surface area contributed by atoms with Crippen LogP contribution in [0, 0.1) is 0 Å². The van der Waals surface area contributed by atoms with Gasteiger partial charge in [-0.2, -0.15) is 43.9 Å². The Kier molecular flexibility index (Phi) is 24.2. The summed E-state index contributed by atoms with van der Waals surface area (Å²) in [7, 11) is 0. The summed E-state index contributed by atoms with van der Waals surface area (Å²) >= 11 is 6.47. The fourth-order valence-corrected chi connectivity index (χ4v) is 12.4. The average Bonchev–Trinajstić information content (AvgIpc) is 1.48. The van der Waals surface area contributed by atoms with E-state index in [0.717, 1.165) is 10.8 Å². The van der Waals surface area contributed by atoms with Gasteiger partial charge in [-0.1, -0.05) is 92.5 Å². The Hall–Kier alpha value is -8.22. The van der Waals surface area contributed by atoms with E-state index in [1.807, 2.05) is 39.8 Å². The first kappa shape index (κ1) is 75.2. The number of nitrogens with two attached hydrogens (primary N) is 2. The van der Waals surface area contributed by atoms with E-state index in [0.29, 0.717) is 82.6 Å². The van der Waals surface area contributed by atoms with Crippen molar-refractivity contribution in [2.45, 2.75) is 164 Å². The highest BCUT2D eigenvalue weighted by molar-refractivity contribution is 9.10. The fraction of sp³-hybridized carbons (Fsp3) is 0.394. The SMILES string of the molecule is CC(C)Oc1ccc2cc(C(=O)C(=O)N[C@@H](C(=O)N3C4CCC3CC(N)C4)C(F)(F)c3ccc(Br)cc3)ccc2c1.CC(C)Oc1ccc2cc(C(=O)C(=O)N[C@H](C(=O)N3C4CCC3CC(N)C4)C(F)(F)c3ccc(Br)cc3)ccc2c1.O=C(O)C(F)(F)F.O=C(O)C(F)(F)F. The topological polar surface area (TPSA) is 278 Å². The minimum Gasteiger partial charge on any atom is -0.491 e. The summed E-state index contributed by atoms with van der Waals surface area (Å²) in [5.74, 6) is -18.2. The summed E-state index contributed by atoms with van der Waals surface area (Å²) in [6, 6.07) is 24.6. The van der Waals surface area contributed by atoms with Crippen molar-refractivity contribution in [2.24, 2.45) is 11.5 Å². The number of alkyl halides is 10. The first-order valence-electron chi connectivity index (χ1n) is 29.9. The lowest BCUT2D eigenvalue weighted by Gasteiger charge is -2.41. The van der Waals surface area contributed by atoms with E-state index < -0.39 is 94.5 Å². The minimum absolute atomic E-state index is 0.0138. The number of carbonyl (C=O) groups excluding carboxylic acids is 6. The highest BCUT2D eigenvalue weighted by Crippen LogP contribution is 2.42. The molecule has 96 heavy (non-hydrogen) atoms. The largest absolute Gasteiger partial charge is 0.491 e. The van der Waals surface area contributed by atoms with Crippen LogP contribution in [0.2, 0.25) is 0 Å². The average molecular weight is 1490 g/mol. The number of hydrogen-bond donors (Lipinski definition) is 6. The number of fused-ring (bicyclic) bond motifs is 6. The van der Waals surface area contributed by atoms with Crippen LogP contribution in [0.4, 0.5) is 43.9 Å². The third kappa shape index (κ3) is 18.7. The third-order valence-electron chi connectivity index (χ3n) is 16.1. The maximum atomic E-state index is 16.0. The second-order valence-electron chi connectivity index (χ2n) is 23.8. The third-order valence-corrected chi connectivity index (χ3v) is 17.1. The summed E-state index contributed by atoms with van der Waals surface area (Å²) < 4.78 is 140. The van der Waals surface area contributed by atoms with Gasteiger partial charge in [0.25, 0.3) is 23.6 Å². The molecule has 6 aromatic rings. The summed E-state index contributed by atoms with van der Waals surface area (Å²) in [6.45, 7) is 7.64. The van der Waals surface area contributed by atoms with Crippen LogP contribution in [0.3, 0.4) is 0 Å². The van der Waals surface area contributed by atoms with Gasteiger partial charge in [-0.3, -0.25) is 28.8 Å². The molecule has 0 saturated carbocycles. The number of ketones is 2. The predicted octanol–water partition coefficient (Wildman–Crippen LogP) is 11.9. The number of benzene rings is 6. The maximum Gasteiger partial charge on any atom is 0.490 e. The van der Waals surface area contributed by atoms with E-state index >= 15 is 17.6 Å². The van der Waals surface area contributed by atoms with Crippen molar-refractivity contribution in [3.63, 3.8) is 0 Å². The molecule has 0 radical (unpaired) electrons. The molecule has 0 aromatic heterocycles. The second kappa shape index (κ2) is 30.9. The molecule has 4 saturated heterocycles. The van der Waals surface area contributed by atoms with Crippen LogP contribution >= 0.6 is 31.9 Å². The summed E-state index contributed by atoms with van der Waals surface area (Å²) in [4.78, 5) is 101. The quantitative estimate of drug-likeness (QED) is 0.0299. The van der Waals surface area contributed by atoms with Crippen molar-refractivity contribution in [1.29, 1.82) is 0 Å². The molecule has 4 bridgehead atoms. The number of nitrogens with one attached hydrogen (secondary N) is 2. The lowest BCUT2D eigenvalue weighted by atomic mass is 9.94. The van der Waals surface area contributed by atoms with Gasteiger partial charge in [-0.25, -0.2) is 9.59 Å². The van der Waals surface area contributed by atoms with E-state index in [9.17, 15) is 55.1 Å². The zero-order chi connectivity index (χ0) is 71.1. The molecule has 4 amide bonds. The van der Waals surface area contributed by atoms with Crippen LogP contribution in [-0.2, 0) is 40.6 Å². The molecule has 4 aliphatic rings. The van der Waals surface area contributed by atoms with Crippen LogP contribution in [0.15, 0.2) is 130 Å². The highest BCUT2D eigenvalue weighted by atomic mass is 79.9. The number of rotatable bonds is 16. The fourth-order valence-electron chi connectivity index (χ4n) is 11.8. The van der Waals surface area contributed by atoms with Crippen LogP contribution in [-0.4, -0.2) is 140 Å². The van der Waals surface area contributed by atoms with Gasteiger partial charge in [-0.05, 0) is 161 Å². The van der Waals surface area contributed by atoms with Crippen LogP contribution in [0.5, 0.6) is 11.5 Å². The van der Waals surface area contributed by atoms with Crippen molar-refractivity contribution in [2.75, 3.05) is 0 Å². The Morgan fingerprint density at radius 1 is 0.458 bits per heavy atom. The maximum absolute atomic E-state index is 16.0. The van der Waals surface area contributed by atoms with E-state index in [-0.39, 0.29) is 59.6 Å². The molecule has 8 N–H and O–H groups in total. The minimum atomic E-state index is -5.08. The van der Waals surface area contributed by atoms with Crippen LogP contribution < -0.4 is 31.6 Å². The number of carbonyl (C=O) groups is 8. The van der Waals surface area contributed by atoms with Gasteiger partial charge in [-0.15, -0.1) is 0 Å². The van der Waals surface area contributed by atoms with E-state index in [4.69, 9.17) is 40.7 Å². The number of halogens is 12. The Morgan fingerprint density at radius 3 is 1.00 bits per heavy atom. The van der Waals surface area contributed by atoms with Gasteiger partial charge < -0.3 is 51.6 Å². The molecule has 4 fully saturated rings. The number of hydrogen-bond acceptors (Lipinski definition) is 12. The first-order valence-corrected chi connectivity index (χ1v) is 31.5. The number of Topliss-reactive ketones (excluding diaryl/α,β-unsaturated/α-hetero) is 2. The summed E-state index contributed by atoms with van der Waals surface area (Å²) in [5, 5.41) is 21.4. The number of carboxylic acid groups (broad SMARTS) is 2. The van der Waals surface area contributed by atoms with Gasteiger partial charge >= 0.3 is 36.1 Å². The van der Waals surface area contributed by atoms with Crippen molar-refractivity contribution in [3.05, 3.63) is 153 Å². The lowest BCUT2D eigenvalue weighted by molar-refractivity contribution is -0.193. The lowest BCUT2D eigenvalue weighted by Crippen LogP contribution is -2.61. The molecule has 0 aliphatic carbocycles. The molecule has 30 heteroatoms. The zero-order valence-corrected chi connectivity index (χ0v) is 54.7. The Morgan fingerprint density at radius 2 is 0.729 bits per heavy atom. The Bertz CT molecular complexity index is 3590. The first-order chi connectivity index (χ1) is 44.8. The molecule has 6 atom stereocenters. The van der Waals surface area contributed by atoms with Gasteiger partial charge in [0.2, 0.25) is 11.6 Å². The predicted molar refractivity (Wildman–Crippen MR) is 337 cm³/mol. The highest BCUT2D eigenvalue weighted by Gasteiger charge is 2.55. The molecule has 4 heterocycles. The van der Waals surface area contributed by atoms with Crippen LogP contribution in [0.1, 0.15) is 111 Å². The van der Waals surface area contributed by atoms with Gasteiger partial charge in [0, 0.05) is 67.5 Å². The number of amides is 4. The number of ether oxygens (including phenoxy) is 2. The molecular formula is C66H66Br2F10N6O12. The molecule has 18 nitrogen and oxygen atoms in total. The monoisotopic (exact) mass is 1480 g/mol. The smallest absolute Gasteiger partial charge is 0.490 e. The van der Waals surface area contributed by atoms with Crippen molar-refractivity contribution in [3.8, 4) is 11.5 Å². The van der Waals surface area contributed by atoms with E-state index in [1.165, 1.54) is 82.6 Å². The molecule has 0 spiro atoms. The van der Waals surface area contributed by atoms with Crippen molar-refractivity contribution in [1.82, 2.24) is 20.4 Å². The van der Waals surface area contributed by atoms with Crippen molar-refractivity contribution >= 4 is 101 Å². The molecule has 516 valence electrons. The summed E-state index contributed by atoms with van der Waals surface area (Å²) in [5.41, 5.74) is 11.4. The molecule has 6 aromatic carbocycles. The molecule has 4 aliphatic heterocycles. The normalized spacial score (nSPS) is 19.7. The number of aliphatic carboxylic acids is 2. The van der Waals surface area contributed by atoms with Gasteiger partial charge in [0.15, 0.2) is 12.1 Å². The van der Waals surface area contributed by atoms with Gasteiger partial charge in [0.1, 0.15) is 11.5 Å². The Labute approximate surface area is 559 Å². The standard InChI is InChI=1S/2C31H32BrF2N3O4.2C2HF3O2/c2*1-17(2)41-26-12-5-18-13-20(4-3-19(18)14-26)27(38)29(39)36-28(31(33,34)21-6-8-22(32)9-7-21)30(40)37-24-10-11-25(37)16-23(35)15-24;2*3-2(4,5)1(6)7/h2*3-9,12-14,17,23-25,28H,10-11,15-16,35H2,1-2H3,(H,36,39);2*(H,6,7)/t2*23?,24?,25?,28-;;/m10../s1. The molecule has 10 rings (SSSR count). The van der Waals surface area contributed by atoms with E-state index in [2.05, 4.69) is 42.5 Å². The molecular weight excluding hydrogens is 1420 g/mol. The zero-order valence-electron chi connectivity index (χ0n) is 51.5. The van der Waals surface area contributed by atoms with Crippen LogP contribution in [0.25, 0.3) is 21.5 Å².